The Morgan fingerprint density at radius 2 is 1.76 bits per heavy atom. The third-order valence-corrected chi connectivity index (χ3v) is 4.34. The van der Waals surface area contributed by atoms with E-state index < -0.39 is 0 Å². The molecule has 1 unspecified atom stereocenters. The van der Waals surface area contributed by atoms with Crippen molar-refractivity contribution in [2.75, 3.05) is 19.8 Å². The van der Waals surface area contributed by atoms with E-state index in [1.165, 1.54) is 11.1 Å². The highest BCUT2D eigenvalue weighted by atomic mass is 16.5. The number of benzene rings is 2. The molecule has 1 aliphatic rings. The first-order valence-electron chi connectivity index (χ1n) is 8.88. The summed E-state index contributed by atoms with van der Waals surface area (Å²) in [5.74, 6) is 0.362. The molecule has 0 radical (unpaired) electrons. The van der Waals surface area contributed by atoms with Gasteiger partial charge in [0.25, 0.3) is 0 Å². The van der Waals surface area contributed by atoms with Crippen LogP contribution in [0.1, 0.15) is 25.0 Å². The van der Waals surface area contributed by atoms with Crippen molar-refractivity contribution < 1.29 is 4.74 Å². The summed E-state index contributed by atoms with van der Waals surface area (Å²) in [5.41, 5.74) is 3.26. The quantitative estimate of drug-likeness (QED) is 0.445. The fraction of sp³-hybridized carbons (Fsp3) is 0.318. The van der Waals surface area contributed by atoms with Crippen LogP contribution < -0.4 is 5.32 Å². The zero-order chi connectivity index (χ0) is 17.5. The maximum atomic E-state index is 5.84. The van der Waals surface area contributed by atoms with Crippen LogP contribution in [-0.2, 0) is 10.4 Å². The molecule has 1 atom stereocenters. The Balaban J connectivity index is 1.58. The highest BCUT2D eigenvalue weighted by molar-refractivity contribution is 5.88. The summed E-state index contributed by atoms with van der Waals surface area (Å²) in [5, 5.41) is 3.42. The Bertz CT molecular complexity index is 716. The lowest BCUT2D eigenvalue weighted by Crippen LogP contribution is -2.21. The van der Waals surface area contributed by atoms with E-state index in [1.54, 1.807) is 0 Å². The van der Waals surface area contributed by atoms with Crippen LogP contribution in [0.3, 0.4) is 0 Å². The van der Waals surface area contributed by atoms with Crippen LogP contribution in [-0.4, -0.2) is 25.5 Å². The topological polar surface area (TPSA) is 43.5 Å². The average Bonchev–Trinajstić information content (AvgIpc) is 3.43. The largest absolute Gasteiger partial charge is 0.371 e. The van der Waals surface area contributed by atoms with Crippen LogP contribution in [0, 0.1) is 5.92 Å². The maximum absolute atomic E-state index is 5.84. The molecule has 0 spiro atoms. The van der Waals surface area contributed by atoms with Gasteiger partial charge in [-0.1, -0.05) is 86.7 Å². The van der Waals surface area contributed by atoms with Crippen molar-refractivity contribution >= 4 is 11.8 Å². The SMILES string of the molecule is CC(C)/C(COC/C=C/c1ccccc1)=N\C1(c2ccccc2)CN1. The Hall–Kier alpha value is -2.23. The zero-order valence-electron chi connectivity index (χ0n) is 15.0. The molecule has 1 saturated heterocycles. The number of hydrogen-bond acceptors (Lipinski definition) is 3. The molecule has 1 N–H and O–H groups in total. The predicted molar refractivity (Wildman–Crippen MR) is 105 cm³/mol. The number of rotatable bonds is 8. The molecule has 2 aromatic carbocycles. The Labute approximate surface area is 150 Å². The number of hydrogen-bond donors (Lipinski definition) is 1. The summed E-state index contributed by atoms with van der Waals surface area (Å²) in [6.45, 7) is 6.38. The van der Waals surface area contributed by atoms with Gasteiger partial charge in [-0.25, -0.2) is 0 Å². The van der Waals surface area contributed by atoms with Gasteiger partial charge < -0.3 is 4.74 Å². The number of ether oxygens (including phenoxy) is 1. The summed E-state index contributed by atoms with van der Waals surface area (Å²) < 4.78 is 5.84. The van der Waals surface area contributed by atoms with Crippen molar-refractivity contribution in [1.82, 2.24) is 5.32 Å². The molecule has 3 nitrogen and oxygen atoms in total. The third kappa shape index (κ3) is 4.88. The molecule has 3 rings (SSSR count). The third-order valence-electron chi connectivity index (χ3n) is 4.34. The molecule has 1 aliphatic heterocycles. The Kier molecular flexibility index (Phi) is 5.79. The van der Waals surface area contributed by atoms with Crippen molar-refractivity contribution in [2.24, 2.45) is 10.9 Å². The summed E-state index contributed by atoms with van der Waals surface area (Å²) in [6.07, 6.45) is 4.13. The molecular weight excluding hydrogens is 308 g/mol. The first-order valence-corrected chi connectivity index (χ1v) is 8.88. The number of nitrogens with one attached hydrogen (secondary N) is 1. The minimum atomic E-state index is -0.246. The molecule has 0 amide bonds. The molecule has 0 aromatic heterocycles. The smallest absolute Gasteiger partial charge is 0.149 e. The van der Waals surface area contributed by atoms with Gasteiger partial charge in [0.05, 0.1) is 13.2 Å². The van der Waals surface area contributed by atoms with Crippen LogP contribution in [0.5, 0.6) is 0 Å². The fourth-order valence-corrected chi connectivity index (χ4v) is 2.70. The van der Waals surface area contributed by atoms with Gasteiger partial charge in [-0.05, 0) is 17.0 Å². The highest BCUT2D eigenvalue weighted by Gasteiger charge is 2.44. The normalized spacial score (nSPS) is 20.4. The van der Waals surface area contributed by atoms with E-state index in [0.29, 0.717) is 19.1 Å². The molecule has 130 valence electrons. The van der Waals surface area contributed by atoms with Crippen molar-refractivity contribution in [3.05, 3.63) is 77.9 Å². The molecule has 3 heteroatoms. The van der Waals surface area contributed by atoms with E-state index in [-0.39, 0.29) is 5.66 Å². The molecule has 0 saturated carbocycles. The molecule has 2 aromatic rings. The molecule has 0 aliphatic carbocycles. The zero-order valence-corrected chi connectivity index (χ0v) is 15.0. The van der Waals surface area contributed by atoms with Gasteiger partial charge in [0.2, 0.25) is 0 Å². The summed E-state index contributed by atoms with van der Waals surface area (Å²) in [7, 11) is 0. The van der Waals surface area contributed by atoms with Crippen LogP contribution in [0.25, 0.3) is 6.08 Å². The summed E-state index contributed by atoms with van der Waals surface area (Å²) >= 11 is 0. The van der Waals surface area contributed by atoms with E-state index >= 15 is 0 Å². The van der Waals surface area contributed by atoms with Gasteiger partial charge in [-0.15, -0.1) is 0 Å². The minimum absolute atomic E-state index is 0.246. The highest BCUT2D eigenvalue weighted by Crippen LogP contribution is 2.32. The van der Waals surface area contributed by atoms with E-state index in [1.807, 2.05) is 24.3 Å². The van der Waals surface area contributed by atoms with Gasteiger partial charge in [-0.2, -0.15) is 0 Å². The molecule has 0 bridgehead atoms. The lowest BCUT2D eigenvalue weighted by Gasteiger charge is -2.15. The Morgan fingerprint density at radius 3 is 2.36 bits per heavy atom. The minimum Gasteiger partial charge on any atom is -0.371 e. The van der Waals surface area contributed by atoms with Gasteiger partial charge in [0, 0.05) is 12.3 Å². The van der Waals surface area contributed by atoms with E-state index in [2.05, 4.69) is 67.7 Å². The number of nitrogens with zero attached hydrogens (tertiary/aromatic N) is 1. The van der Waals surface area contributed by atoms with Crippen LogP contribution in [0.2, 0.25) is 0 Å². The lowest BCUT2D eigenvalue weighted by molar-refractivity contribution is 0.201. The second-order valence-corrected chi connectivity index (χ2v) is 6.67. The molecular formula is C22H26N2O. The van der Waals surface area contributed by atoms with Crippen LogP contribution in [0.4, 0.5) is 0 Å². The first kappa shape index (κ1) is 17.6. The van der Waals surface area contributed by atoms with Crippen molar-refractivity contribution in [3.8, 4) is 0 Å². The first-order chi connectivity index (χ1) is 12.2. The Morgan fingerprint density at radius 1 is 1.12 bits per heavy atom. The maximum Gasteiger partial charge on any atom is 0.149 e. The van der Waals surface area contributed by atoms with E-state index in [4.69, 9.17) is 9.73 Å². The molecule has 25 heavy (non-hydrogen) atoms. The average molecular weight is 334 g/mol. The molecule has 1 fully saturated rings. The summed E-state index contributed by atoms with van der Waals surface area (Å²) in [6, 6.07) is 20.7. The number of aliphatic imine (C=N–C) groups is 1. The van der Waals surface area contributed by atoms with Crippen molar-refractivity contribution in [3.63, 3.8) is 0 Å². The molecule has 1 heterocycles. The van der Waals surface area contributed by atoms with Crippen molar-refractivity contribution in [2.45, 2.75) is 19.5 Å². The van der Waals surface area contributed by atoms with Gasteiger partial charge >= 0.3 is 0 Å². The summed E-state index contributed by atoms with van der Waals surface area (Å²) in [4.78, 5) is 5.00. The van der Waals surface area contributed by atoms with E-state index in [0.717, 1.165) is 12.3 Å². The van der Waals surface area contributed by atoms with Gasteiger partial charge in [0.1, 0.15) is 5.66 Å². The lowest BCUT2D eigenvalue weighted by atomic mass is 10.1. The standard InChI is InChI=1S/C22H26N2O/c1-18(2)21(16-25-15-9-12-19-10-5-3-6-11-19)24-22(17-23-22)20-13-7-4-8-14-20/h3-14,18,23H,15-17H2,1-2H3/b12-9+,24-21-. The predicted octanol–water partition coefficient (Wildman–Crippen LogP) is 4.27. The fourth-order valence-electron chi connectivity index (χ4n) is 2.70. The second kappa shape index (κ2) is 8.24. The van der Waals surface area contributed by atoms with Crippen LogP contribution in [0.15, 0.2) is 71.7 Å². The van der Waals surface area contributed by atoms with Gasteiger partial charge in [-0.3, -0.25) is 10.3 Å². The second-order valence-electron chi connectivity index (χ2n) is 6.67. The van der Waals surface area contributed by atoms with Crippen LogP contribution >= 0.6 is 0 Å². The van der Waals surface area contributed by atoms with Crippen molar-refractivity contribution in [1.29, 1.82) is 0 Å². The van der Waals surface area contributed by atoms with E-state index in [9.17, 15) is 0 Å². The monoisotopic (exact) mass is 334 g/mol. The van der Waals surface area contributed by atoms with Gasteiger partial charge in [0.15, 0.2) is 0 Å².